The first-order chi connectivity index (χ1) is 17.2. The maximum atomic E-state index is 11.7. The van der Waals surface area contributed by atoms with Gasteiger partial charge in [0, 0.05) is 12.8 Å². The van der Waals surface area contributed by atoms with Crippen LogP contribution in [0.15, 0.2) is 0 Å². The standard InChI is InChI=1S/C28H54O7/c1-3-5-7-9-10-11-12-14-16-18-28(30)35-26-24-33-22-20-31-19-21-32-23-25-34-27(29)17-15-13-8-6-4-2/h3-26H2,1-2H3. The van der Waals surface area contributed by atoms with E-state index >= 15 is 0 Å². The van der Waals surface area contributed by atoms with Crippen LogP contribution in [-0.4, -0.2) is 64.8 Å². The fourth-order valence-electron chi connectivity index (χ4n) is 3.57. The van der Waals surface area contributed by atoms with Crippen LogP contribution in [0.1, 0.15) is 117 Å². The van der Waals surface area contributed by atoms with E-state index in [9.17, 15) is 9.59 Å². The lowest BCUT2D eigenvalue weighted by Crippen LogP contribution is -2.15. The zero-order chi connectivity index (χ0) is 25.7. The van der Waals surface area contributed by atoms with Gasteiger partial charge in [-0.15, -0.1) is 0 Å². The maximum Gasteiger partial charge on any atom is 0.305 e. The van der Waals surface area contributed by atoms with Gasteiger partial charge in [-0.3, -0.25) is 9.59 Å². The molecule has 35 heavy (non-hydrogen) atoms. The second-order valence-electron chi connectivity index (χ2n) is 9.02. The van der Waals surface area contributed by atoms with Crippen molar-refractivity contribution in [2.75, 3.05) is 52.9 Å². The zero-order valence-electron chi connectivity index (χ0n) is 22.8. The number of unbranched alkanes of at least 4 members (excludes halogenated alkanes) is 12. The van der Waals surface area contributed by atoms with Gasteiger partial charge in [-0.1, -0.05) is 90.9 Å². The van der Waals surface area contributed by atoms with Gasteiger partial charge in [-0.05, 0) is 12.8 Å². The van der Waals surface area contributed by atoms with Crippen molar-refractivity contribution in [1.29, 1.82) is 0 Å². The van der Waals surface area contributed by atoms with Crippen LogP contribution >= 0.6 is 0 Å². The molecule has 0 heterocycles. The predicted octanol–water partition coefficient (Wildman–Crippen LogP) is 6.40. The lowest BCUT2D eigenvalue weighted by atomic mass is 10.1. The Kier molecular flexibility index (Phi) is 28.1. The molecule has 0 saturated heterocycles. The van der Waals surface area contributed by atoms with Crippen molar-refractivity contribution in [2.24, 2.45) is 0 Å². The van der Waals surface area contributed by atoms with E-state index in [4.69, 9.17) is 23.7 Å². The van der Waals surface area contributed by atoms with Crippen LogP contribution in [0.3, 0.4) is 0 Å². The number of carbonyl (C=O) groups excluding carboxylic acids is 2. The molecular weight excluding hydrogens is 448 g/mol. The average molecular weight is 503 g/mol. The van der Waals surface area contributed by atoms with Gasteiger partial charge >= 0.3 is 11.9 Å². The van der Waals surface area contributed by atoms with Gasteiger partial charge in [-0.2, -0.15) is 0 Å². The van der Waals surface area contributed by atoms with Crippen molar-refractivity contribution in [3.05, 3.63) is 0 Å². The van der Waals surface area contributed by atoms with E-state index in [1.54, 1.807) is 0 Å². The summed E-state index contributed by atoms with van der Waals surface area (Å²) in [5.41, 5.74) is 0. The van der Waals surface area contributed by atoms with E-state index < -0.39 is 0 Å². The Labute approximate surface area is 214 Å². The SMILES string of the molecule is CCCCCCCCCCCC(=O)OCCOCCOCCOCCOC(=O)CCCCCCC. The van der Waals surface area contributed by atoms with Gasteiger partial charge in [0.05, 0.1) is 39.6 Å². The van der Waals surface area contributed by atoms with Crippen LogP contribution in [0.4, 0.5) is 0 Å². The van der Waals surface area contributed by atoms with E-state index in [0.717, 1.165) is 25.7 Å². The molecule has 208 valence electrons. The lowest BCUT2D eigenvalue weighted by Gasteiger charge is -2.08. The Hall–Kier alpha value is -1.18. The van der Waals surface area contributed by atoms with Crippen molar-refractivity contribution in [3.8, 4) is 0 Å². The average Bonchev–Trinajstić information content (AvgIpc) is 2.85. The van der Waals surface area contributed by atoms with Crippen molar-refractivity contribution >= 4 is 11.9 Å². The van der Waals surface area contributed by atoms with Crippen LogP contribution in [0, 0.1) is 0 Å². The Bertz CT molecular complexity index is 457. The largest absolute Gasteiger partial charge is 0.463 e. The first-order valence-corrected chi connectivity index (χ1v) is 14.2. The smallest absolute Gasteiger partial charge is 0.305 e. The topological polar surface area (TPSA) is 80.3 Å². The van der Waals surface area contributed by atoms with Crippen LogP contribution in [0.2, 0.25) is 0 Å². The molecule has 0 aromatic rings. The summed E-state index contributed by atoms with van der Waals surface area (Å²) in [5.74, 6) is -0.282. The quantitative estimate of drug-likeness (QED) is 0.0904. The molecule has 0 atom stereocenters. The Morgan fingerprint density at radius 2 is 0.686 bits per heavy atom. The minimum atomic E-state index is -0.146. The van der Waals surface area contributed by atoms with Crippen LogP contribution < -0.4 is 0 Å². The molecule has 0 spiro atoms. The molecule has 0 radical (unpaired) electrons. The summed E-state index contributed by atoms with van der Waals surface area (Å²) in [7, 11) is 0. The molecule has 0 aliphatic rings. The van der Waals surface area contributed by atoms with Gasteiger partial charge in [0.2, 0.25) is 0 Å². The molecule has 0 aliphatic heterocycles. The van der Waals surface area contributed by atoms with Crippen LogP contribution in [0.25, 0.3) is 0 Å². The minimum Gasteiger partial charge on any atom is -0.463 e. The summed E-state index contributed by atoms with van der Waals surface area (Å²) in [4.78, 5) is 23.3. The maximum absolute atomic E-state index is 11.7. The second kappa shape index (κ2) is 29.1. The number of carbonyl (C=O) groups is 2. The summed E-state index contributed by atoms with van der Waals surface area (Å²) in [6.45, 7) is 7.57. The fraction of sp³-hybridized carbons (Fsp3) is 0.929. The number of ether oxygens (including phenoxy) is 5. The summed E-state index contributed by atoms with van der Waals surface area (Å²) >= 11 is 0. The van der Waals surface area contributed by atoms with Crippen molar-refractivity contribution in [2.45, 2.75) is 117 Å². The Balaban J connectivity index is 3.20. The third-order valence-corrected chi connectivity index (χ3v) is 5.69. The van der Waals surface area contributed by atoms with Gasteiger partial charge in [0.15, 0.2) is 0 Å². The molecule has 0 saturated carbocycles. The van der Waals surface area contributed by atoms with E-state index in [0.29, 0.717) is 52.5 Å². The monoisotopic (exact) mass is 502 g/mol. The third kappa shape index (κ3) is 28.9. The molecule has 0 amide bonds. The van der Waals surface area contributed by atoms with Crippen LogP contribution in [-0.2, 0) is 33.3 Å². The predicted molar refractivity (Wildman–Crippen MR) is 140 cm³/mol. The summed E-state index contributed by atoms with van der Waals surface area (Å²) in [5, 5.41) is 0. The summed E-state index contributed by atoms with van der Waals surface area (Å²) in [6, 6.07) is 0. The van der Waals surface area contributed by atoms with Crippen molar-refractivity contribution in [3.63, 3.8) is 0 Å². The first-order valence-electron chi connectivity index (χ1n) is 14.2. The highest BCUT2D eigenvalue weighted by Gasteiger charge is 2.03. The van der Waals surface area contributed by atoms with E-state index in [1.165, 1.54) is 64.2 Å². The molecule has 0 unspecified atom stereocenters. The molecule has 7 nitrogen and oxygen atoms in total. The van der Waals surface area contributed by atoms with Gasteiger partial charge in [0.25, 0.3) is 0 Å². The van der Waals surface area contributed by atoms with Gasteiger partial charge < -0.3 is 23.7 Å². The molecular formula is C28H54O7. The van der Waals surface area contributed by atoms with Gasteiger partial charge in [-0.25, -0.2) is 0 Å². The Morgan fingerprint density at radius 3 is 1.03 bits per heavy atom. The fourth-order valence-corrected chi connectivity index (χ4v) is 3.57. The molecule has 0 aromatic heterocycles. The van der Waals surface area contributed by atoms with E-state index in [-0.39, 0.29) is 25.2 Å². The highest BCUT2D eigenvalue weighted by atomic mass is 16.6. The van der Waals surface area contributed by atoms with E-state index in [1.807, 2.05) is 0 Å². The number of hydrogen-bond donors (Lipinski definition) is 0. The highest BCUT2D eigenvalue weighted by molar-refractivity contribution is 5.69. The number of rotatable bonds is 28. The normalized spacial score (nSPS) is 11.0. The molecule has 0 N–H and O–H groups in total. The van der Waals surface area contributed by atoms with E-state index in [2.05, 4.69) is 13.8 Å². The van der Waals surface area contributed by atoms with Crippen LogP contribution in [0.5, 0.6) is 0 Å². The van der Waals surface area contributed by atoms with Crippen molar-refractivity contribution < 1.29 is 33.3 Å². The lowest BCUT2D eigenvalue weighted by molar-refractivity contribution is -0.146. The molecule has 0 aromatic carbocycles. The summed E-state index contributed by atoms with van der Waals surface area (Å²) in [6.07, 6.45) is 17.7. The molecule has 7 heteroatoms. The summed E-state index contributed by atoms with van der Waals surface area (Å²) < 4.78 is 26.5. The first kappa shape index (κ1) is 33.8. The highest BCUT2D eigenvalue weighted by Crippen LogP contribution is 2.10. The molecule has 0 bridgehead atoms. The van der Waals surface area contributed by atoms with Gasteiger partial charge in [0.1, 0.15) is 13.2 Å². The number of hydrogen-bond acceptors (Lipinski definition) is 7. The third-order valence-electron chi connectivity index (χ3n) is 5.69. The Morgan fingerprint density at radius 1 is 0.400 bits per heavy atom. The number of esters is 2. The zero-order valence-corrected chi connectivity index (χ0v) is 22.8. The van der Waals surface area contributed by atoms with Crippen molar-refractivity contribution in [1.82, 2.24) is 0 Å². The second-order valence-corrected chi connectivity index (χ2v) is 9.02. The molecule has 0 rings (SSSR count). The molecule has 0 aliphatic carbocycles. The minimum absolute atomic E-state index is 0.136. The molecule has 0 fully saturated rings.